The molecule has 0 fully saturated rings. The second-order valence-corrected chi connectivity index (χ2v) is 3.29. The van der Waals surface area contributed by atoms with Gasteiger partial charge in [0.05, 0.1) is 11.6 Å². The second kappa shape index (κ2) is 4.45. The Hall–Kier alpha value is -2.35. The maximum absolute atomic E-state index is 8.73. The van der Waals surface area contributed by atoms with Crippen molar-refractivity contribution >= 4 is 0 Å². The first kappa shape index (κ1) is 10.2. The van der Waals surface area contributed by atoms with Crippen molar-refractivity contribution in [1.82, 2.24) is 14.8 Å². The van der Waals surface area contributed by atoms with Crippen molar-refractivity contribution in [1.29, 1.82) is 5.26 Å². The van der Waals surface area contributed by atoms with Crippen LogP contribution >= 0.6 is 0 Å². The molecule has 0 aliphatic carbocycles. The van der Waals surface area contributed by atoms with Crippen LogP contribution in [0.4, 0.5) is 0 Å². The lowest BCUT2D eigenvalue weighted by Gasteiger charge is -2.05. The van der Waals surface area contributed by atoms with Crippen LogP contribution < -0.4 is 4.74 Å². The van der Waals surface area contributed by atoms with Gasteiger partial charge in [-0.25, -0.2) is 0 Å². The van der Waals surface area contributed by atoms with Gasteiger partial charge < -0.3 is 9.30 Å². The highest BCUT2D eigenvalue weighted by Gasteiger charge is 2.02. The molecule has 1 heterocycles. The third-order valence-corrected chi connectivity index (χ3v) is 2.14. The average molecular weight is 214 g/mol. The lowest BCUT2D eigenvalue weighted by molar-refractivity contribution is 0.291. The highest BCUT2D eigenvalue weighted by atomic mass is 16.5. The summed E-state index contributed by atoms with van der Waals surface area (Å²) < 4.78 is 7.29. The Labute approximate surface area is 92.9 Å². The zero-order chi connectivity index (χ0) is 11.4. The predicted octanol–water partition coefficient (Wildman–Crippen LogP) is 1.27. The number of rotatable bonds is 3. The maximum atomic E-state index is 8.73. The quantitative estimate of drug-likeness (QED) is 0.771. The average Bonchev–Trinajstić information content (AvgIpc) is 2.72. The number of hydrogen-bond acceptors (Lipinski definition) is 4. The van der Waals surface area contributed by atoms with E-state index in [0.717, 1.165) is 5.82 Å². The first-order chi connectivity index (χ1) is 7.79. The summed E-state index contributed by atoms with van der Waals surface area (Å²) in [4.78, 5) is 0. The molecule has 0 unspecified atom stereocenters. The molecule has 16 heavy (non-hydrogen) atoms. The van der Waals surface area contributed by atoms with Crippen LogP contribution in [0.1, 0.15) is 11.4 Å². The molecule has 0 radical (unpaired) electrons. The second-order valence-electron chi connectivity index (χ2n) is 3.29. The molecule has 5 heteroatoms. The third-order valence-electron chi connectivity index (χ3n) is 2.14. The van der Waals surface area contributed by atoms with E-state index in [4.69, 9.17) is 10.00 Å². The van der Waals surface area contributed by atoms with E-state index in [1.54, 1.807) is 35.2 Å². The van der Waals surface area contributed by atoms with Crippen molar-refractivity contribution in [2.24, 2.45) is 7.05 Å². The minimum atomic E-state index is 0.339. The molecular weight excluding hydrogens is 204 g/mol. The van der Waals surface area contributed by atoms with Crippen LogP contribution in [0, 0.1) is 11.3 Å². The van der Waals surface area contributed by atoms with E-state index < -0.39 is 0 Å². The van der Waals surface area contributed by atoms with Gasteiger partial charge in [0.1, 0.15) is 18.7 Å². The fourth-order valence-corrected chi connectivity index (χ4v) is 1.24. The summed E-state index contributed by atoms with van der Waals surface area (Å²) in [5.74, 6) is 1.39. The fraction of sp³-hybridized carbons (Fsp3) is 0.182. The molecule has 2 rings (SSSR count). The summed E-state index contributed by atoms with van der Waals surface area (Å²) in [5.41, 5.74) is 0.579. The Bertz CT molecular complexity index is 527. The fourth-order valence-electron chi connectivity index (χ4n) is 1.24. The number of nitriles is 1. The molecule has 0 N–H and O–H groups in total. The number of hydrogen-bond donors (Lipinski definition) is 0. The van der Waals surface area contributed by atoms with E-state index in [0.29, 0.717) is 17.9 Å². The van der Waals surface area contributed by atoms with Gasteiger partial charge in [-0.1, -0.05) is 6.07 Å². The summed E-state index contributed by atoms with van der Waals surface area (Å²) in [6.45, 7) is 0.339. The number of aryl methyl sites for hydroxylation is 1. The molecule has 0 amide bonds. The summed E-state index contributed by atoms with van der Waals surface area (Å²) in [7, 11) is 1.85. The van der Waals surface area contributed by atoms with Crippen LogP contribution in [-0.4, -0.2) is 14.8 Å². The molecular formula is C11H10N4O. The molecule has 0 atom stereocenters. The van der Waals surface area contributed by atoms with Gasteiger partial charge in [0.25, 0.3) is 0 Å². The lowest BCUT2D eigenvalue weighted by Crippen LogP contribution is -2.03. The van der Waals surface area contributed by atoms with E-state index in [1.807, 2.05) is 7.05 Å². The Morgan fingerprint density at radius 1 is 1.50 bits per heavy atom. The zero-order valence-electron chi connectivity index (χ0n) is 8.79. The van der Waals surface area contributed by atoms with Gasteiger partial charge >= 0.3 is 0 Å². The van der Waals surface area contributed by atoms with Crippen LogP contribution in [0.25, 0.3) is 0 Å². The van der Waals surface area contributed by atoms with Crippen LogP contribution in [0.3, 0.4) is 0 Å². The van der Waals surface area contributed by atoms with Gasteiger partial charge in [-0.2, -0.15) is 5.26 Å². The monoisotopic (exact) mass is 214 g/mol. The smallest absolute Gasteiger partial charge is 0.170 e. The van der Waals surface area contributed by atoms with Gasteiger partial charge in [0.15, 0.2) is 5.82 Å². The highest BCUT2D eigenvalue weighted by molar-refractivity contribution is 5.36. The molecule has 1 aromatic heterocycles. The number of aromatic nitrogens is 3. The van der Waals surface area contributed by atoms with E-state index in [-0.39, 0.29) is 0 Å². The van der Waals surface area contributed by atoms with Crippen molar-refractivity contribution in [3.8, 4) is 11.8 Å². The topological polar surface area (TPSA) is 63.7 Å². The molecule has 1 aromatic carbocycles. The molecule has 0 saturated carbocycles. The Morgan fingerprint density at radius 3 is 3.06 bits per heavy atom. The Balaban J connectivity index is 2.05. The Morgan fingerprint density at radius 2 is 2.38 bits per heavy atom. The van der Waals surface area contributed by atoms with Crippen molar-refractivity contribution in [2.75, 3.05) is 0 Å². The van der Waals surface area contributed by atoms with Crippen LogP contribution in [-0.2, 0) is 13.7 Å². The molecule has 0 aliphatic heterocycles. The molecule has 0 bridgehead atoms. The predicted molar refractivity (Wildman–Crippen MR) is 56.5 cm³/mol. The first-order valence-electron chi connectivity index (χ1n) is 4.75. The maximum Gasteiger partial charge on any atom is 0.170 e. The third kappa shape index (κ3) is 2.17. The Kier molecular flexibility index (Phi) is 2.83. The first-order valence-corrected chi connectivity index (χ1v) is 4.75. The van der Waals surface area contributed by atoms with E-state index in [1.165, 1.54) is 0 Å². The standard InChI is InChI=1S/C11H10N4O/c1-15-8-13-14-11(15)7-16-10-4-2-3-9(5-10)6-12/h2-5,8H,7H2,1H3. The summed E-state index contributed by atoms with van der Waals surface area (Å²) in [6, 6.07) is 9.07. The highest BCUT2D eigenvalue weighted by Crippen LogP contribution is 2.13. The van der Waals surface area contributed by atoms with E-state index in [2.05, 4.69) is 16.3 Å². The SMILES string of the molecule is Cn1cnnc1COc1cccc(C#N)c1. The number of benzene rings is 1. The van der Waals surface area contributed by atoms with Crippen LogP contribution in [0.5, 0.6) is 5.75 Å². The largest absolute Gasteiger partial charge is 0.486 e. The van der Waals surface area contributed by atoms with Gasteiger partial charge in [0, 0.05) is 7.05 Å². The van der Waals surface area contributed by atoms with E-state index in [9.17, 15) is 0 Å². The van der Waals surface area contributed by atoms with E-state index >= 15 is 0 Å². The molecule has 0 aliphatic rings. The molecule has 0 spiro atoms. The lowest BCUT2D eigenvalue weighted by atomic mass is 10.2. The van der Waals surface area contributed by atoms with Gasteiger partial charge in [-0.05, 0) is 18.2 Å². The van der Waals surface area contributed by atoms with Crippen LogP contribution in [0.2, 0.25) is 0 Å². The van der Waals surface area contributed by atoms with Crippen molar-refractivity contribution in [3.05, 3.63) is 42.0 Å². The minimum Gasteiger partial charge on any atom is -0.486 e. The van der Waals surface area contributed by atoms with Crippen molar-refractivity contribution < 1.29 is 4.74 Å². The van der Waals surface area contributed by atoms with Crippen molar-refractivity contribution in [2.45, 2.75) is 6.61 Å². The summed E-state index contributed by atoms with van der Waals surface area (Å²) in [5, 5.41) is 16.4. The molecule has 0 saturated heterocycles. The molecule has 2 aromatic rings. The zero-order valence-corrected chi connectivity index (χ0v) is 8.79. The summed E-state index contributed by atoms with van der Waals surface area (Å²) >= 11 is 0. The van der Waals surface area contributed by atoms with Gasteiger partial charge in [-0.3, -0.25) is 0 Å². The summed E-state index contributed by atoms with van der Waals surface area (Å²) in [6.07, 6.45) is 1.62. The normalized spacial score (nSPS) is 9.75. The van der Waals surface area contributed by atoms with Gasteiger partial charge in [-0.15, -0.1) is 10.2 Å². The minimum absolute atomic E-state index is 0.339. The number of ether oxygens (including phenoxy) is 1. The van der Waals surface area contributed by atoms with Crippen molar-refractivity contribution in [3.63, 3.8) is 0 Å². The number of nitrogens with zero attached hydrogens (tertiary/aromatic N) is 4. The van der Waals surface area contributed by atoms with Crippen LogP contribution in [0.15, 0.2) is 30.6 Å². The molecule has 80 valence electrons. The van der Waals surface area contributed by atoms with Gasteiger partial charge in [0.2, 0.25) is 0 Å². The molecule has 5 nitrogen and oxygen atoms in total.